The van der Waals surface area contributed by atoms with Crippen LogP contribution in [0.5, 0.6) is 0 Å². The molecule has 1 aliphatic carbocycles. The molecule has 0 spiro atoms. The lowest BCUT2D eigenvalue weighted by atomic mass is 9.87. The lowest BCUT2D eigenvalue weighted by Crippen LogP contribution is -2.43. The summed E-state index contributed by atoms with van der Waals surface area (Å²) >= 11 is 0. The van der Waals surface area contributed by atoms with Crippen molar-refractivity contribution in [1.82, 2.24) is 10.6 Å². The van der Waals surface area contributed by atoms with Gasteiger partial charge in [-0.15, -0.1) is 0 Å². The molecule has 0 radical (unpaired) electrons. The molecule has 2 rings (SSSR count). The molecule has 2 aliphatic rings. The maximum absolute atomic E-state index is 11.7. The molecular formula is C15H28N2O2. The van der Waals surface area contributed by atoms with Gasteiger partial charge in [0, 0.05) is 19.3 Å². The van der Waals surface area contributed by atoms with E-state index >= 15 is 0 Å². The zero-order valence-corrected chi connectivity index (χ0v) is 12.0. The van der Waals surface area contributed by atoms with Gasteiger partial charge < -0.3 is 15.4 Å². The highest BCUT2D eigenvalue weighted by Crippen LogP contribution is 2.25. The minimum Gasteiger partial charge on any atom is -0.381 e. The highest BCUT2D eigenvalue weighted by molar-refractivity contribution is 5.78. The van der Waals surface area contributed by atoms with Crippen molar-refractivity contribution in [1.29, 1.82) is 0 Å². The Morgan fingerprint density at radius 1 is 1.05 bits per heavy atom. The third-order valence-corrected chi connectivity index (χ3v) is 4.33. The van der Waals surface area contributed by atoms with E-state index in [4.69, 9.17) is 4.74 Å². The zero-order chi connectivity index (χ0) is 13.3. The number of carbonyl (C=O) groups is 1. The van der Waals surface area contributed by atoms with Crippen molar-refractivity contribution in [3.63, 3.8) is 0 Å². The summed E-state index contributed by atoms with van der Waals surface area (Å²) < 4.78 is 5.28. The summed E-state index contributed by atoms with van der Waals surface area (Å²) in [6, 6.07) is 0.321. The maximum Gasteiger partial charge on any atom is 0.234 e. The minimum atomic E-state index is 0.135. The van der Waals surface area contributed by atoms with E-state index in [1.807, 2.05) is 0 Å². The van der Waals surface area contributed by atoms with E-state index in [0.29, 0.717) is 12.6 Å². The van der Waals surface area contributed by atoms with Crippen LogP contribution in [0.4, 0.5) is 0 Å². The average Bonchev–Trinajstić information content (AvgIpc) is 2.46. The van der Waals surface area contributed by atoms with Crippen LogP contribution in [-0.4, -0.2) is 38.3 Å². The summed E-state index contributed by atoms with van der Waals surface area (Å²) in [4.78, 5) is 11.7. The molecule has 0 aromatic rings. The molecule has 19 heavy (non-hydrogen) atoms. The van der Waals surface area contributed by atoms with Gasteiger partial charge >= 0.3 is 0 Å². The van der Waals surface area contributed by atoms with E-state index in [1.165, 1.54) is 38.5 Å². The van der Waals surface area contributed by atoms with E-state index in [2.05, 4.69) is 10.6 Å². The predicted molar refractivity (Wildman–Crippen MR) is 76.0 cm³/mol. The first kappa shape index (κ1) is 14.8. The Morgan fingerprint density at radius 3 is 2.53 bits per heavy atom. The number of rotatable bonds is 6. The number of amides is 1. The van der Waals surface area contributed by atoms with E-state index in [0.717, 1.165) is 38.5 Å². The van der Waals surface area contributed by atoms with Crippen LogP contribution in [0.3, 0.4) is 0 Å². The van der Waals surface area contributed by atoms with E-state index in [1.54, 1.807) is 0 Å². The Kier molecular flexibility index (Phi) is 6.65. The topological polar surface area (TPSA) is 50.4 Å². The van der Waals surface area contributed by atoms with Crippen LogP contribution < -0.4 is 10.6 Å². The summed E-state index contributed by atoms with van der Waals surface area (Å²) in [6.07, 6.45) is 10.1. The van der Waals surface area contributed by atoms with Crippen molar-refractivity contribution in [3.05, 3.63) is 0 Å². The summed E-state index contributed by atoms with van der Waals surface area (Å²) in [7, 11) is 0. The lowest BCUT2D eigenvalue weighted by Gasteiger charge is -2.23. The van der Waals surface area contributed by atoms with Gasteiger partial charge in [0.25, 0.3) is 0 Å². The Balaban J connectivity index is 1.48. The fourth-order valence-corrected chi connectivity index (χ4v) is 3.10. The van der Waals surface area contributed by atoms with Gasteiger partial charge in [-0.1, -0.05) is 32.1 Å². The smallest absolute Gasteiger partial charge is 0.234 e. The quantitative estimate of drug-likeness (QED) is 0.723. The van der Waals surface area contributed by atoms with Crippen LogP contribution in [0.2, 0.25) is 0 Å². The zero-order valence-electron chi connectivity index (χ0n) is 12.0. The van der Waals surface area contributed by atoms with Gasteiger partial charge in [0.1, 0.15) is 0 Å². The standard InChI is InChI=1S/C15H28N2O2/c18-15(17-14-7-10-19-11-8-14)12-16-9-6-13-4-2-1-3-5-13/h13-14,16H,1-12H2,(H,17,18). The van der Waals surface area contributed by atoms with Crippen molar-refractivity contribution in [3.8, 4) is 0 Å². The van der Waals surface area contributed by atoms with Crippen LogP contribution in [0.15, 0.2) is 0 Å². The molecule has 2 fully saturated rings. The molecule has 0 bridgehead atoms. The third kappa shape index (κ3) is 5.91. The van der Waals surface area contributed by atoms with Gasteiger partial charge in [0.15, 0.2) is 0 Å². The summed E-state index contributed by atoms with van der Waals surface area (Å²) in [6.45, 7) is 3.00. The summed E-state index contributed by atoms with van der Waals surface area (Å²) in [5.74, 6) is 1.02. The van der Waals surface area contributed by atoms with Crippen molar-refractivity contribution in [2.45, 2.75) is 57.4 Å². The third-order valence-electron chi connectivity index (χ3n) is 4.33. The maximum atomic E-state index is 11.7. The van der Waals surface area contributed by atoms with Gasteiger partial charge in [-0.3, -0.25) is 4.79 Å². The normalized spacial score (nSPS) is 22.3. The predicted octanol–water partition coefficient (Wildman–Crippen LogP) is 1.84. The van der Waals surface area contributed by atoms with Crippen molar-refractivity contribution < 1.29 is 9.53 Å². The Morgan fingerprint density at radius 2 is 1.79 bits per heavy atom. The molecule has 2 N–H and O–H groups in total. The molecule has 0 atom stereocenters. The molecule has 0 unspecified atom stereocenters. The molecule has 0 aromatic carbocycles. The Labute approximate surface area is 116 Å². The van der Waals surface area contributed by atoms with Gasteiger partial charge in [-0.25, -0.2) is 0 Å². The fraction of sp³-hybridized carbons (Fsp3) is 0.933. The van der Waals surface area contributed by atoms with Gasteiger partial charge in [-0.2, -0.15) is 0 Å². The number of carbonyl (C=O) groups excluding carboxylic acids is 1. The van der Waals surface area contributed by atoms with Crippen molar-refractivity contribution in [2.75, 3.05) is 26.3 Å². The summed E-state index contributed by atoms with van der Waals surface area (Å²) in [5.41, 5.74) is 0. The first-order valence-corrected chi connectivity index (χ1v) is 7.92. The molecule has 0 aromatic heterocycles. The molecule has 1 saturated heterocycles. The second-order valence-corrected chi connectivity index (χ2v) is 5.92. The molecule has 4 nitrogen and oxygen atoms in total. The van der Waals surface area contributed by atoms with Crippen molar-refractivity contribution in [2.24, 2.45) is 5.92 Å². The van der Waals surface area contributed by atoms with E-state index in [-0.39, 0.29) is 5.91 Å². The molecule has 4 heteroatoms. The van der Waals surface area contributed by atoms with Crippen molar-refractivity contribution >= 4 is 5.91 Å². The molecule has 1 saturated carbocycles. The number of nitrogens with one attached hydrogen (secondary N) is 2. The van der Waals surface area contributed by atoms with E-state index < -0.39 is 0 Å². The SMILES string of the molecule is O=C(CNCCC1CCCCC1)NC1CCOCC1. The van der Waals surface area contributed by atoms with Crippen LogP contribution in [0.25, 0.3) is 0 Å². The lowest BCUT2D eigenvalue weighted by molar-refractivity contribution is -0.121. The summed E-state index contributed by atoms with van der Waals surface area (Å²) in [5, 5.41) is 6.35. The largest absolute Gasteiger partial charge is 0.381 e. The Hall–Kier alpha value is -0.610. The van der Waals surface area contributed by atoms with Gasteiger partial charge in [0.2, 0.25) is 5.91 Å². The van der Waals surface area contributed by atoms with Gasteiger partial charge in [-0.05, 0) is 31.7 Å². The Bertz CT molecular complexity index is 259. The molecule has 1 amide bonds. The average molecular weight is 268 g/mol. The highest BCUT2D eigenvalue weighted by atomic mass is 16.5. The first-order chi connectivity index (χ1) is 9.34. The molecule has 110 valence electrons. The highest BCUT2D eigenvalue weighted by Gasteiger charge is 2.16. The van der Waals surface area contributed by atoms with Crippen LogP contribution in [0.1, 0.15) is 51.4 Å². The first-order valence-electron chi connectivity index (χ1n) is 7.92. The molecule has 1 aliphatic heterocycles. The number of hydrogen-bond donors (Lipinski definition) is 2. The number of hydrogen-bond acceptors (Lipinski definition) is 3. The second-order valence-electron chi connectivity index (χ2n) is 5.92. The van der Waals surface area contributed by atoms with Gasteiger partial charge in [0.05, 0.1) is 6.54 Å². The number of ether oxygens (including phenoxy) is 1. The van der Waals surface area contributed by atoms with Crippen LogP contribution in [-0.2, 0) is 9.53 Å². The minimum absolute atomic E-state index is 0.135. The second kappa shape index (κ2) is 8.54. The van der Waals surface area contributed by atoms with E-state index in [9.17, 15) is 4.79 Å². The molecular weight excluding hydrogens is 240 g/mol. The van der Waals surface area contributed by atoms with Crippen LogP contribution in [0, 0.1) is 5.92 Å². The molecule has 1 heterocycles. The van der Waals surface area contributed by atoms with Crippen LogP contribution >= 0.6 is 0 Å². The fourth-order valence-electron chi connectivity index (χ4n) is 3.10. The monoisotopic (exact) mass is 268 g/mol.